The predicted octanol–water partition coefficient (Wildman–Crippen LogP) is 3.47. The van der Waals surface area contributed by atoms with E-state index < -0.39 is 17.5 Å². The number of ether oxygens (including phenoxy) is 2. The number of amides is 1. The third-order valence-electron chi connectivity index (χ3n) is 3.44. The van der Waals surface area contributed by atoms with Crippen LogP contribution in [0.2, 0.25) is 0 Å². The van der Waals surface area contributed by atoms with Crippen molar-refractivity contribution in [2.75, 3.05) is 14.2 Å². The maximum Gasteiger partial charge on any atom is 0.251 e. The molecule has 4 nitrogen and oxygen atoms in total. The van der Waals surface area contributed by atoms with Gasteiger partial charge in [-0.05, 0) is 42.8 Å². The van der Waals surface area contributed by atoms with Crippen LogP contribution in [0.15, 0.2) is 36.4 Å². The van der Waals surface area contributed by atoms with Gasteiger partial charge >= 0.3 is 0 Å². The highest BCUT2D eigenvalue weighted by Gasteiger charge is 2.15. The Hall–Kier alpha value is -2.63. The number of hydrogen-bond acceptors (Lipinski definition) is 3. The number of carbonyl (C=O) groups is 1. The van der Waals surface area contributed by atoms with Crippen LogP contribution in [0, 0.1) is 11.6 Å². The summed E-state index contributed by atoms with van der Waals surface area (Å²) < 4.78 is 36.5. The van der Waals surface area contributed by atoms with E-state index in [4.69, 9.17) is 9.47 Å². The quantitative estimate of drug-likeness (QED) is 0.917. The number of rotatable bonds is 5. The summed E-state index contributed by atoms with van der Waals surface area (Å²) in [4.78, 5) is 12.1. The summed E-state index contributed by atoms with van der Waals surface area (Å²) in [5, 5.41) is 2.72. The molecule has 1 amide bonds. The molecule has 0 saturated heterocycles. The van der Waals surface area contributed by atoms with Gasteiger partial charge in [-0.15, -0.1) is 0 Å². The first-order valence-corrected chi connectivity index (χ1v) is 6.94. The lowest BCUT2D eigenvalue weighted by atomic mass is 10.1. The summed E-state index contributed by atoms with van der Waals surface area (Å²) in [5.41, 5.74) is 0.842. The Balaban J connectivity index is 2.16. The molecule has 0 saturated carbocycles. The highest BCUT2D eigenvalue weighted by atomic mass is 19.2. The number of carbonyl (C=O) groups excluding carboxylic acids is 1. The van der Waals surface area contributed by atoms with Crippen molar-refractivity contribution in [2.45, 2.75) is 13.0 Å². The van der Waals surface area contributed by atoms with Crippen molar-refractivity contribution in [1.29, 1.82) is 0 Å². The Morgan fingerprint density at radius 1 is 1.00 bits per heavy atom. The molecule has 0 fully saturated rings. The molecule has 0 radical (unpaired) electrons. The van der Waals surface area contributed by atoms with Crippen LogP contribution < -0.4 is 14.8 Å². The first-order chi connectivity index (χ1) is 11.0. The molecule has 0 aliphatic rings. The third kappa shape index (κ3) is 3.77. The van der Waals surface area contributed by atoms with Gasteiger partial charge in [0.25, 0.3) is 5.91 Å². The van der Waals surface area contributed by atoms with Crippen LogP contribution in [-0.2, 0) is 0 Å². The fourth-order valence-electron chi connectivity index (χ4n) is 2.12. The van der Waals surface area contributed by atoms with Crippen molar-refractivity contribution in [3.05, 3.63) is 59.2 Å². The normalized spacial score (nSPS) is 11.7. The molecule has 6 heteroatoms. The molecule has 0 aliphatic heterocycles. The Morgan fingerprint density at radius 3 is 2.30 bits per heavy atom. The van der Waals surface area contributed by atoms with E-state index in [1.54, 1.807) is 25.1 Å². The zero-order chi connectivity index (χ0) is 17.0. The standard InChI is InChI=1S/C17H17F2NO3/c1-10(11-5-7-15(22-2)16(9-11)23-3)20-17(21)12-4-6-13(18)14(19)8-12/h4-10H,1-3H3,(H,20,21)/t10-/m0/s1. The van der Waals surface area contributed by atoms with E-state index in [1.807, 2.05) is 0 Å². The topological polar surface area (TPSA) is 47.6 Å². The molecular weight excluding hydrogens is 304 g/mol. The molecule has 1 atom stereocenters. The maximum atomic E-state index is 13.2. The second-order valence-electron chi connectivity index (χ2n) is 4.94. The van der Waals surface area contributed by atoms with Gasteiger partial charge in [0, 0.05) is 5.56 Å². The number of nitrogens with one attached hydrogen (secondary N) is 1. The number of benzene rings is 2. The Kier molecular flexibility index (Phi) is 5.16. The van der Waals surface area contributed by atoms with Crippen LogP contribution in [0.25, 0.3) is 0 Å². The number of hydrogen-bond donors (Lipinski definition) is 1. The van der Waals surface area contributed by atoms with Gasteiger partial charge in [0.15, 0.2) is 23.1 Å². The lowest BCUT2D eigenvalue weighted by molar-refractivity contribution is 0.0939. The molecule has 0 unspecified atom stereocenters. The van der Waals surface area contributed by atoms with Crippen LogP contribution in [0.4, 0.5) is 8.78 Å². The van der Waals surface area contributed by atoms with Gasteiger partial charge in [-0.1, -0.05) is 6.07 Å². The van der Waals surface area contributed by atoms with Gasteiger partial charge < -0.3 is 14.8 Å². The minimum absolute atomic E-state index is 0.0521. The Bertz CT molecular complexity index is 719. The molecule has 0 bridgehead atoms. The van der Waals surface area contributed by atoms with Gasteiger partial charge in [-0.3, -0.25) is 4.79 Å². The molecule has 0 spiro atoms. The van der Waals surface area contributed by atoms with Crippen LogP contribution >= 0.6 is 0 Å². The van der Waals surface area contributed by atoms with Crippen molar-refractivity contribution in [3.8, 4) is 11.5 Å². The van der Waals surface area contributed by atoms with Crippen molar-refractivity contribution < 1.29 is 23.0 Å². The van der Waals surface area contributed by atoms with E-state index in [-0.39, 0.29) is 11.6 Å². The zero-order valence-electron chi connectivity index (χ0n) is 13.0. The number of methoxy groups -OCH3 is 2. The fraction of sp³-hybridized carbons (Fsp3) is 0.235. The second-order valence-corrected chi connectivity index (χ2v) is 4.94. The largest absolute Gasteiger partial charge is 0.493 e. The van der Waals surface area contributed by atoms with Gasteiger partial charge in [-0.2, -0.15) is 0 Å². The molecule has 0 aromatic heterocycles. The van der Waals surface area contributed by atoms with E-state index in [9.17, 15) is 13.6 Å². The average molecular weight is 321 g/mol. The molecule has 2 rings (SSSR count). The molecule has 2 aromatic carbocycles. The zero-order valence-corrected chi connectivity index (χ0v) is 13.0. The van der Waals surface area contributed by atoms with E-state index in [0.717, 1.165) is 17.7 Å². The minimum atomic E-state index is -1.06. The predicted molar refractivity (Wildman–Crippen MR) is 81.8 cm³/mol. The van der Waals surface area contributed by atoms with Crippen LogP contribution in [0.1, 0.15) is 28.9 Å². The molecule has 0 aliphatic carbocycles. The van der Waals surface area contributed by atoms with Gasteiger partial charge in [-0.25, -0.2) is 8.78 Å². The molecule has 1 N–H and O–H groups in total. The van der Waals surface area contributed by atoms with Crippen molar-refractivity contribution >= 4 is 5.91 Å². The summed E-state index contributed by atoms with van der Waals surface area (Å²) in [6.07, 6.45) is 0. The lowest BCUT2D eigenvalue weighted by Crippen LogP contribution is -2.26. The molecule has 2 aromatic rings. The highest BCUT2D eigenvalue weighted by Crippen LogP contribution is 2.29. The smallest absolute Gasteiger partial charge is 0.251 e. The average Bonchev–Trinajstić information content (AvgIpc) is 2.56. The lowest BCUT2D eigenvalue weighted by Gasteiger charge is -2.16. The SMILES string of the molecule is COc1ccc([C@H](C)NC(=O)c2ccc(F)c(F)c2)cc1OC. The Labute approximate surface area is 133 Å². The summed E-state index contributed by atoms with van der Waals surface area (Å²) >= 11 is 0. The third-order valence-corrected chi connectivity index (χ3v) is 3.44. The van der Waals surface area contributed by atoms with Gasteiger partial charge in [0.2, 0.25) is 0 Å². The number of halogens is 2. The van der Waals surface area contributed by atoms with Crippen LogP contribution in [-0.4, -0.2) is 20.1 Å². The summed E-state index contributed by atoms with van der Waals surface area (Å²) in [6.45, 7) is 1.78. The van der Waals surface area contributed by atoms with E-state index >= 15 is 0 Å². The van der Waals surface area contributed by atoms with Crippen molar-refractivity contribution in [2.24, 2.45) is 0 Å². The first-order valence-electron chi connectivity index (χ1n) is 6.94. The van der Waals surface area contributed by atoms with Crippen LogP contribution in [0.3, 0.4) is 0 Å². The summed E-state index contributed by atoms with van der Waals surface area (Å²) in [7, 11) is 3.05. The monoisotopic (exact) mass is 321 g/mol. The summed E-state index contributed by atoms with van der Waals surface area (Å²) in [5.74, 6) is -1.42. The first kappa shape index (κ1) is 16.7. The van der Waals surface area contributed by atoms with E-state index in [2.05, 4.69) is 5.32 Å². The fourth-order valence-corrected chi connectivity index (χ4v) is 2.12. The van der Waals surface area contributed by atoms with E-state index in [1.165, 1.54) is 20.3 Å². The molecular formula is C17H17F2NO3. The minimum Gasteiger partial charge on any atom is -0.493 e. The molecule has 0 heterocycles. The van der Waals surface area contributed by atoms with Gasteiger partial charge in [0.1, 0.15) is 0 Å². The molecule has 23 heavy (non-hydrogen) atoms. The molecule has 122 valence electrons. The van der Waals surface area contributed by atoms with Crippen molar-refractivity contribution in [1.82, 2.24) is 5.32 Å². The van der Waals surface area contributed by atoms with Gasteiger partial charge in [0.05, 0.1) is 20.3 Å². The Morgan fingerprint density at radius 2 is 1.70 bits per heavy atom. The van der Waals surface area contributed by atoms with E-state index in [0.29, 0.717) is 11.5 Å². The summed E-state index contributed by atoms with van der Waals surface area (Å²) in [6, 6.07) is 7.93. The van der Waals surface area contributed by atoms with Crippen molar-refractivity contribution in [3.63, 3.8) is 0 Å². The highest BCUT2D eigenvalue weighted by molar-refractivity contribution is 5.94. The van der Waals surface area contributed by atoms with Crippen LogP contribution in [0.5, 0.6) is 11.5 Å². The second kappa shape index (κ2) is 7.09. The maximum absolute atomic E-state index is 13.2.